The lowest BCUT2D eigenvalue weighted by Gasteiger charge is -2.01. The van der Waals surface area contributed by atoms with E-state index in [1.807, 2.05) is 20.8 Å². The topological polar surface area (TPSA) is 24.4 Å². The molecule has 0 aromatic rings. The van der Waals surface area contributed by atoms with Crippen molar-refractivity contribution in [2.75, 3.05) is 6.54 Å². The van der Waals surface area contributed by atoms with Crippen LogP contribution in [0, 0.1) is 0 Å². The van der Waals surface area contributed by atoms with Gasteiger partial charge in [-0.2, -0.15) is 17.7 Å². The lowest BCUT2D eigenvalue weighted by Crippen LogP contribution is -2.16. The van der Waals surface area contributed by atoms with Crippen LogP contribution in [0.1, 0.15) is 20.8 Å². The summed E-state index contributed by atoms with van der Waals surface area (Å²) in [6.45, 7) is 6.76. The van der Waals surface area contributed by atoms with Gasteiger partial charge in [0.2, 0.25) is 0 Å². The molecule has 0 spiro atoms. The van der Waals surface area contributed by atoms with Crippen LogP contribution in [0.5, 0.6) is 0 Å². The van der Waals surface area contributed by atoms with Crippen molar-refractivity contribution in [1.29, 1.82) is 0 Å². The minimum atomic E-state index is 0.369. The molecule has 0 fully saturated rings. The van der Waals surface area contributed by atoms with Crippen LogP contribution in [0.4, 0.5) is 0 Å². The van der Waals surface area contributed by atoms with Crippen molar-refractivity contribution in [3.63, 3.8) is 0 Å². The van der Waals surface area contributed by atoms with E-state index in [4.69, 9.17) is 0 Å². The Balaban J connectivity index is 3.20. The molecule has 1 N–H and O–H groups in total. The van der Waals surface area contributed by atoms with Gasteiger partial charge in [0.15, 0.2) is 0 Å². The van der Waals surface area contributed by atoms with Crippen molar-refractivity contribution in [3.8, 4) is 0 Å². The van der Waals surface area contributed by atoms with E-state index in [0.29, 0.717) is 5.25 Å². The van der Waals surface area contributed by atoms with Gasteiger partial charge in [0.1, 0.15) is 0 Å². The molecule has 9 heavy (non-hydrogen) atoms. The zero-order chi connectivity index (χ0) is 7.28. The normalized spacial score (nSPS) is 12.4. The summed E-state index contributed by atoms with van der Waals surface area (Å²) >= 11 is 4.17. The van der Waals surface area contributed by atoms with Gasteiger partial charge in [0, 0.05) is 17.5 Å². The van der Waals surface area contributed by atoms with Crippen molar-refractivity contribution in [2.45, 2.75) is 26.0 Å². The number of rotatable bonds is 3. The molecule has 0 aliphatic carbocycles. The van der Waals surface area contributed by atoms with E-state index >= 15 is 0 Å². The zero-order valence-electron chi connectivity index (χ0n) is 6.18. The number of nitrogens with one attached hydrogen (secondary N) is 1. The van der Waals surface area contributed by atoms with Gasteiger partial charge in [-0.3, -0.25) is 0 Å². The minimum absolute atomic E-state index is 0.369. The maximum absolute atomic E-state index is 4.17. The molecule has 2 nitrogen and oxygen atoms in total. The molecule has 0 radical (unpaired) electrons. The number of thiol groups is 1. The van der Waals surface area contributed by atoms with E-state index in [1.165, 1.54) is 0 Å². The Morgan fingerprint density at radius 2 is 2.22 bits per heavy atom. The van der Waals surface area contributed by atoms with Crippen LogP contribution < -0.4 is 5.43 Å². The first-order valence-electron chi connectivity index (χ1n) is 3.04. The van der Waals surface area contributed by atoms with Gasteiger partial charge in [-0.15, -0.1) is 0 Å². The molecule has 0 aliphatic rings. The molecule has 1 unspecified atom stereocenters. The Morgan fingerprint density at radius 1 is 1.67 bits per heavy atom. The number of nitrogens with zero attached hydrogens (tertiary/aromatic N) is 1. The van der Waals surface area contributed by atoms with Gasteiger partial charge >= 0.3 is 0 Å². The third-order valence-electron chi connectivity index (χ3n) is 0.689. The van der Waals surface area contributed by atoms with Crippen molar-refractivity contribution >= 4 is 18.3 Å². The fourth-order valence-electron chi connectivity index (χ4n) is 0.336. The largest absolute Gasteiger partial charge is 0.309 e. The molecule has 0 bridgehead atoms. The Morgan fingerprint density at radius 3 is 2.56 bits per heavy atom. The van der Waals surface area contributed by atoms with Gasteiger partial charge in [0.25, 0.3) is 0 Å². The van der Waals surface area contributed by atoms with Crippen LogP contribution in [0.2, 0.25) is 0 Å². The zero-order valence-corrected chi connectivity index (χ0v) is 7.07. The number of hydrogen-bond acceptors (Lipinski definition) is 3. The highest BCUT2D eigenvalue weighted by atomic mass is 32.1. The van der Waals surface area contributed by atoms with Gasteiger partial charge in [-0.25, -0.2) is 0 Å². The summed E-state index contributed by atoms with van der Waals surface area (Å²) in [5, 5.41) is 4.35. The third kappa shape index (κ3) is 7.82. The minimum Gasteiger partial charge on any atom is -0.309 e. The van der Waals surface area contributed by atoms with E-state index < -0.39 is 0 Å². The highest BCUT2D eigenvalue weighted by Crippen LogP contribution is 1.87. The quantitative estimate of drug-likeness (QED) is 0.350. The second-order valence-electron chi connectivity index (χ2n) is 2.27. The molecule has 0 saturated heterocycles. The standard InChI is InChI=1S/C6H14N2S/c1-5(2)8-7-4-6(3)9/h6-7,9H,4H2,1-3H3. The lowest BCUT2D eigenvalue weighted by molar-refractivity contribution is 0.728. The van der Waals surface area contributed by atoms with Crippen molar-refractivity contribution in [3.05, 3.63) is 0 Å². The molecule has 0 heterocycles. The molecule has 54 valence electrons. The third-order valence-corrected chi connectivity index (χ3v) is 0.872. The van der Waals surface area contributed by atoms with Gasteiger partial charge in [-0.05, 0) is 13.8 Å². The summed E-state index contributed by atoms with van der Waals surface area (Å²) in [6.07, 6.45) is 0. The monoisotopic (exact) mass is 146 g/mol. The van der Waals surface area contributed by atoms with E-state index in [0.717, 1.165) is 12.3 Å². The molecule has 1 atom stereocenters. The van der Waals surface area contributed by atoms with Crippen molar-refractivity contribution in [1.82, 2.24) is 5.43 Å². The maximum atomic E-state index is 4.17. The lowest BCUT2D eigenvalue weighted by atomic mass is 10.5. The summed E-state index contributed by atoms with van der Waals surface area (Å²) < 4.78 is 0. The maximum Gasteiger partial charge on any atom is 0.0443 e. The van der Waals surface area contributed by atoms with Gasteiger partial charge in [0.05, 0.1) is 0 Å². The average Bonchev–Trinajstić information content (AvgIpc) is 1.63. The van der Waals surface area contributed by atoms with Crippen LogP contribution in [-0.2, 0) is 0 Å². The number of hydrogen-bond donors (Lipinski definition) is 2. The Bertz CT molecular complexity index is 95.2. The van der Waals surface area contributed by atoms with Gasteiger partial charge < -0.3 is 5.43 Å². The SMILES string of the molecule is CC(C)=NNCC(C)S. The van der Waals surface area contributed by atoms with Crippen molar-refractivity contribution < 1.29 is 0 Å². The molecular formula is C6H14N2S. The first-order chi connectivity index (χ1) is 4.13. The van der Waals surface area contributed by atoms with Crippen LogP contribution in [-0.4, -0.2) is 17.5 Å². The first kappa shape index (κ1) is 8.82. The van der Waals surface area contributed by atoms with Crippen LogP contribution in [0.3, 0.4) is 0 Å². The summed E-state index contributed by atoms with van der Waals surface area (Å²) in [4.78, 5) is 0. The first-order valence-corrected chi connectivity index (χ1v) is 3.56. The Kier molecular flexibility index (Phi) is 4.58. The summed E-state index contributed by atoms with van der Waals surface area (Å²) in [7, 11) is 0. The average molecular weight is 146 g/mol. The Labute approximate surface area is 62.1 Å². The smallest absolute Gasteiger partial charge is 0.0443 e. The highest BCUT2D eigenvalue weighted by Gasteiger charge is 1.88. The van der Waals surface area contributed by atoms with E-state index in [9.17, 15) is 0 Å². The second kappa shape index (κ2) is 4.68. The fourth-order valence-corrected chi connectivity index (χ4v) is 0.418. The second-order valence-corrected chi connectivity index (χ2v) is 3.15. The molecule has 0 saturated carbocycles. The van der Waals surface area contributed by atoms with Crippen molar-refractivity contribution in [2.24, 2.45) is 5.10 Å². The summed E-state index contributed by atoms with van der Waals surface area (Å²) in [5.41, 5.74) is 3.94. The van der Waals surface area contributed by atoms with Crippen LogP contribution in [0.25, 0.3) is 0 Å². The molecule has 3 heteroatoms. The van der Waals surface area contributed by atoms with E-state index in [2.05, 4.69) is 23.2 Å². The van der Waals surface area contributed by atoms with Gasteiger partial charge in [-0.1, -0.05) is 6.92 Å². The van der Waals surface area contributed by atoms with Crippen LogP contribution in [0.15, 0.2) is 5.10 Å². The van der Waals surface area contributed by atoms with E-state index in [-0.39, 0.29) is 0 Å². The summed E-state index contributed by atoms with van der Waals surface area (Å²) in [5.74, 6) is 0. The molecular weight excluding hydrogens is 132 g/mol. The summed E-state index contributed by atoms with van der Waals surface area (Å²) in [6, 6.07) is 0. The molecule has 0 aliphatic heterocycles. The van der Waals surface area contributed by atoms with E-state index in [1.54, 1.807) is 0 Å². The number of hydrazone groups is 1. The molecule has 0 aromatic heterocycles. The predicted molar refractivity (Wildman–Crippen MR) is 45.2 cm³/mol. The van der Waals surface area contributed by atoms with Crippen LogP contribution >= 0.6 is 12.6 Å². The molecule has 0 amide bonds. The highest BCUT2D eigenvalue weighted by molar-refractivity contribution is 7.80. The fraction of sp³-hybridized carbons (Fsp3) is 0.833. The predicted octanol–water partition coefficient (Wildman–Crippen LogP) is 1.29. The Hall–Kier alpha value is -0.180. The molecule has 0 rings (SSSR count). The molecule has 0 aromatic carbocycles.